The molecule has 0 radical (unpaired) electrons. The van der Waals surface area contributed by atoms with Crippen LogP contribution in [0.2, 0.25) is 13.1 Å². The van der Waals surface area contributed by atoms with Crippen molar-refractivity contribution in [3.05, 3.63) is 178 Å². The third-order valence-electron chi connectivity index (χ3n) is 11.8. The van der Waals surface area contributed by atoms with E-state index in [1.807, 2.05) is 0 Å². The third kappa shape index (κ3) is 4.97. The van der Waals surface area contributed by atoms with E-state index in [1.54, 1.807) is 10.4 Å². The van der Waals surface area contributed by atoms with Crippen molar-refractivity contribution in [1.82, 2.24) is 0 Å². The van der Waals surface area contributed by atoms with E-state index < -0.39 is 8.07 Å². The van der Waals surface area contributed by atoms with Gasteiger partial charge in [0.1, 0.15) is 8.07 Å². The molecule has 0 N–H and O–H groups in total. The van der Waals surface area contributed by atoms with Crippen LogP contribution in [0.1, 0.15) is 47.8 Å². The summed E-state index contributed by atoms with van der Waals surface area (Å²) in [6, 6.07) is 41.5. The third-order valence-corrected chi connectivity index (χ3v) is 16.7. The second-order valence-corrected chi connectivity index (χ2v) is 20.6. The molecule has 0 aromatic heterocycles. The minimum Gasteiger partial charge on any atom is -0.310 e. The lowest BCUT2D eigenvalue weighted by Gasteiger charge is -2.34. The maximum absolute atomic E-state index is 2.61. The summed E-state index contributed by atoms with van der Waals surface area (Å²) in [5, 5.41) is 6.32. The number of rotatable bonds is 5. The number of benzene rings is 5. The molecule has 0 amide bonds. The van der Waals surface area contributed by atoms with Gasteiger partial charge in [0.05, 0.1) is 0 Å². The summed E-state index contributed by atoms with van der Waals surface area (Å²) in [5.41, 5.74) is 12.4. The molecule has 0 saturated carbocycles. The monoisotopic (exact) mass is 691 g/mol. The molecule has 5 aromatic rings. The van der Waals surface area contributed by atoms with E-state index >= 15 is 0 Å². The van der Waals surface area contributed by atoms with E-state index in [0.717, 1.165) is 19.3 Å². The van der Waals surface area contributed by atoms with Crippen LogP contribution in [0, 0.1) is 0 Å². The Labute approximate surface area is 306 Å². The van der Waals surface area contributed by atoms with Gasteiger partial charge in [-0.1, -0.05) is 147 Å². The molecule has 248 valence electrons. The number of nitrogens with zero attached hydrogens (tertiary/aromatic N) is 1. The van der Waals surface area contributed by atoms with Crippen molar-refractivity contribution in [2.24, 2.45) is 0 Å². The average molecular weight is 692 g/mol. The normalized spacial score (nSPS) is 21.6. The van der Waals surface area contributed by atoms with Crippen LogP contribution in [0.15, 0.2) is 156 Å². The minimum absolute atomic E-state index is 0.294. The summed E-state index contributed by atoms with van der Waals surface area (Å²) >= 11 is 2.08. The molecule has 3 heteroatoms. The summed E-state index contributed by atoms with van der Waals surface area (Å²) in [6.45, 7) is 5.14. The van der Waals surface area contributed by atoms with Crippen molar-refractivity contribution in [3.63, 3.8) is 0 Å². The zero-order chi connectivity index (χ0) is 34.1. The Morgan fingerprint density at radius 1 is 0.745 bits per heavy atom. The quantitative estimate of drug-likeness (QED) is 0.169. The molecule has 1 nitrogen and oxygen atoms in total. The molecule has 5 aliphatic rings. The molecule has 10 rings (SSSR count). The molecule has 3 unspecified atom stereocenters. The molecule has 3 atom stereocenters. The highest BCUT2D eigenvalue weighted by Crippen LogP contribution is 2.53. The zero-order valence-electron chi connectivity index (χ0n) is 29.2. The van der Waals surface area contributed by atoms with Crippen molar-refractivity contribution in [2.75, 3.05) is 4.90 Å². The number of hydrogen-bond donors (Lipinski definition) is 0. The predicted molar refractivity (Wildman–Crippen MR) is 222 cm³/mol. The van der Waals surface area contributed by atoms with Crippen LogP contribution in [0.25, 0.3) is 28.9 Å². The number of hydrogen-bond acceptors (Lipinski definition) is 2. The Balaban J connectivity index is 1.17. The Morgan fingerprint density at radius 2 is 1.55 bits per heavy atom. The Kier molecular flexibility index (Phi) is 7.37. The van der Waals surface area contributed by atoms with Gasteiger partial charge in [-0.05, 0) is 97.7 Å². The molecule has 0 saturated heterocycles. The van der Waals surface area contributed by atoms with Crippen LogP contribution in [-0.4, -0.2) is 13.3 Å². The number of para-hydroxylation sites is 1. The van der Waals surface area contributed by atoms with Crippen LogP contribution >= 0.6 is 11.8 Å². The molecule has 5 aromatic carbocycles. The van der Waals surface area contributed by atoms with Gasteiger partial charge in [-0.15, -0.1) is 11.8 Å². The molecule has 3 aliphatic carbocycles. The van der Waals surface area contributed by atoms with E-state index in [0.29, 0.717) is 17.1 Å². The fraction of sp³-hybridized carbons (Fsp3) is 0.167. The van der Waals surface area contributed by atoms with Gasteiger partial charge < -0.3 is 4.90 Å². The van der Waals surface area contributed by atoms with Gasteiger partial charge in [0.2, 0.25) is 0 Å². The Bertz CT molecular complexity index is 2480. The second-order valence-electron chi connectivity index (χ2n) is 15.0. The largest absolute Gasteiger partial charge is 0.310 e. The SMILES string of the molecule is C[Si]1(C)c2cc(N(C3=C(c4ccccc4)CCC=C3)c3ccccc3C3C=c4ccccc4=CC3)ccc2-c2c1ccc1c2SC2C=CC=CC12. The van der Waals surface area contributed by atoms with Crippen molar-refractivity contribution in [3.8, 4) is 11.1 Å². The molecular weight excluding hydrogens is 651 g/mol. The molecule has 51 heavy (non-hydrogen) atoms. The highest BCUT2D eigenvalue weighted by atomic mass is 32.2. The van der Waals surface area contributed by atoms with E-state index in [2.05, 4.69) is 188 Å². The van der Waals surface area contributed by atoms with Gasteiger partial charge in [-0.25, -0.2) is 0 Å². The maximum atomic E-state index is 2.61. The van der Waals surface area contributed by atoms with Crippen LogP contribution in [0.4, 0.5) is 11.4 Å². The molecule has 2 heterocycles. The fourth-order valence-corrected chi connectivity index (χ4v) is 13.9. The molecule has 0 fully saturated rings. The van der Waals surface area contributed by atoms with Crippen molar-refractivity contribution < 1.29 is 0 Å². The second kappa shape index (κ2) is 12.1. The fourth-order valence-electron chi connectivity index (χ4n) is 9.25. The standard InChI is InChI=1S/C48H41NSSi/c1-51(2)45-29-28-40-39-20-10-13-23-44(39)50-48(40)47(45)41-27-26-36(31-46(41)51)49(42-21-11-8-18-37(42)33-15-4-3-5-16-33)43-22-12-9-19-38(43)35-25-24-32-14-6-7-17-34(32)30-35/h3-7,9-17,19-24,26-31,35,39,44H,8,18,25H2,1-2H3. The van der Waals surface area contributed by atoms with E-state index in [1.165, 1.54) is 65.8 Å². The summed E-state index contributed by atoms with van der Waals surface area (Å²) in [6.07, 6.45) is 22.0. The first-order valence-electron chi connectivity index (χ1n) is 18.5. The van der Waals surface area contributed by atoms with Gasteiger partial charge in [0.25, 0.3) is 0 Å². The van der Waals surface area contributed by atoms with Gasteiger partial charge in [0.15, 0.2) is 0 Å². The zero-order valence-corrected chi connectivity index (χ0v) is 31.0. The Hall–Kier alpha value is -4.83. The summed E-state index contributed by atoms with van der Waals surface area (Å²) in [4.78, 5) is 4.13. The van der Waals surface area contributed by atoms with Gasteiger partial charge in [0, 0.05) is 39.1 Å². The molecule has 2 aliphatic heterocycles. The van der Waals surface area contributed by atoms with E-state index in [4.69, 9.17) is 0 Å². The number of anilines is 2. The van der Waals surface area contributed by atoms with Crippen LogP contribution in [0.3, 0.4) is 0 Å². The lowest BCUT2D eigenvalue weighted by molar-refractivity contribution is 0.882. The number of thioether (sulfide) groups is 1. The van der Waals surface area contributed by atoms with E-state index in [9.17, 15) is 0 Å². The van der Waals surface area contributed by atoms with E-state index in [-0.39, 0.29) is 0 Å². The highest BCUT2D eigenvalue weighted by Gasteiger charge is 2.43. The molecule has 0 bridgehead atoms. The number of allylic oxidation sites excluding steroid dienone is 6. The minimum atomic E-state index is -1.99. The summed E-state index contributed by atoms with van der Waals surface area (Å²) in [5.74, 6) is 0.769. The first-order valence-corrected chi connectivity index (χ1v) is 22.4. The molecular formula is C48H41NSSi. The Morgan fingerprint density at radius 3 is 2.45 bits per heavy atom. The predicted octanol–water partition coefficient (Wildman–Crippen LogP) is 9.82. The summed E-state index contributed by atoms with van der Waals surface area (Å²) < 4.78 is 0. The first kappa shape index (κ1) is 30.9. The highest BCUT2D eigenvalue weighted by molar-refractivity contribution is 8.00. The van der Waals surface area contributed by atoms with Crippen LogP contribution in [0.5, 0.6) is 0 Å². The lowest BCUT2D eigenvalue weighted by atomic mass is 9.88. The first-order chi connectivity index (χ1) is 25.1. The van der Waals surface area contributed by atoms with Gasteiger partial charge in [-0.3, -0.25) is 0 Å². The topological polar surface area (TPSA) is 3.24 Å². The number of fused-ring (bicyclic) bond motifs is 8. The lowest BCUT2D eigenvalue weighted by Crippen LogP contribution is -2.49. The van der Waals surface area contributed by atoms with Gasteiger partial charge >= 0.3 is 0 Å². The maximum Gasteiger partial charge on any atom is 0.113 e. The van der Waals surface area contributed by atoms with Crippen molar-refractivity contribution >= 4 is 59.3 Å². The molecule has 0 spiro atoms. The van der Waals surface area contributed by atoms with Crippen molar-refractivity contribution in [1.29, 1.82) is 0 Å². The summed E-state index contributed by atoms with van der Waals surface area (Å²) in [7, 11) is -1.99. The van der Waals surface area contributed by atoms with Crippen LogP contribution in [-0.2, 0) is 0 Å². The van der Waals surface area contributed by atoms with Gasteiger partial charge in [-0.2, -0.15) is 0 Å². The van der Waals surface area contributed by atoms with Crippen molar-refractivity contribution in [2.45, 2.75) is 54.3 Å². The van der Waals surface area contributed by atoms with Crippen LogP contribution < -0.4 is 25.7 Å². The smallest absolute Gasteiger partial charge is 0.113 e. The average Bonchev–Trinajstić information content (AvgIpc) is 3.67.